The summed E-state index contributed by atoms with van der Waals surface area (Å²) in [6, 6.07) is -0.0492. The van der Waals surface area contributed by atoms with E-state index >= 15 is 0 Å². The standard InChI is InChI=1S/C14H27N3O4S/c1-3-15(4-2)14(18)16-7-5-6-13(12-16)22(19,20)17-8-10-21-11-9-17/h13H,3-12H2,1-2H3/t13-/m1/s1. The van der Waals surface area contributed by atoms with E-state index in [1.807, 2.05) is 13.8 Å². The van der Waals surface area contributed by atoms with Crippen LogP contribution in [-0.4, -0.2) is 86.3 Å². The Balaban J connectivity index is 2.04. The van der Waals surface area contributed by atoms with Gasteiger partial charge < -0.3 is 14.5 Å². The van der Waals surface area contributed by atoms with Crippen molar-refractivity contribution in [3.05, 3.63) is 0 Å². The van der Waals surface area contributed by atoms with Crippen LogP contribution in [0.15, 0.2) is 0 Å². The van der Waals surface area contributed by atoms with Gasteiger partial charge in [-0.2, -0.15) is 4.31 Å². The molecule has 2 aliphatic rings. The molecule has 8 heteroatoms. The first-order valence-electron chi connectivity index (χ1n) is 8.11. The first kappa shape index (κ1) is 17.5. The summed E-state index contributed by atoms with van der Waals surface area (Å²) in [4.78, 5) is 15.9. The SMILES string of the molecule is CCN(CC)C(=O)N1CCC[C@@H](S(=O)(=O)N2CCOCC2)C1. The lowest BCUT2D eigenvalue weighted by molar-refractivity contribution is 0.0719. The van der Waals surface area contributed by atoms with Gasteiger partial charge >= 0.3 is 6.03 Å². The monoisotopic (exact) mass is 333 g/mol. The van der Waals surface area contributed by atoms with Crippen molar-refractivity contribution in [2.24, 2.45) is 0 Å². The summed E-state index contributed by atoms with van der Waals surface area (Å²) in [6.45, 7) is 7.85. The zero-order valence-corrected chi connectivity index (χ0v) is 14.3. The summed E-state index contributed by atoms with van der Waals surface area (Å²) in [5, 5.41) is -0.487. The number of nitrogens with zero attached hydrogens (tertiary/aromatic N) is 3. The van der Waals surface area contributed by atoms with Gasteiger partial charge in [0.1, 0.15) is 0 Å². The number of carbonyl (C=O) groups is 1. The number of morpholine rings is 1. The summed E-state index contributed by atoms with van der Waals surface area (Å²) in [6.07, 6.45) is 1.36. The summed E-state index contributed by atoms with van der Waals surface area (Å²) in [7, 11) is -3.35. The number of amides is 2. The molecule has 0 aromatic heterocycles. The van der Waals surface area contributed by atoms with E-state index in [1.54, 1.807) is 9.80 Å². The number of rotatable bonds is 4. The number of ether oxygens (including phenoxy) is 1. The topological polar surface area (TPSA) is 70.2 Å². The van der Waals surface area contributed by atoms with E-state index in [1.165, 1.54) is 4.31 Å². The molecule has 22 heavy (non-hydrogen) atoms. The molecule has 0 aromatic carbocycles. The quantitative estimate of drug-likeness (QED) is 0.754. The van der Waals surface area contributed by atoms with Crippen molar-refractivity contribution < 1.29 is 17.9 Å². The van der Waals surface area contributed by atoms with Gasteiger partial charge in [0.15, 0.2) is 0 Å². The molecule has 0 bridgehead atoms. The normalized spacial score (nSPS) is 24.3. The highest BCUT2D eigenvalue weighted by Gasteiger charge is 2.37. The van der Waals surface area contributed by atoms with Gasteiger partial charge in [0.25, 0.3) is 0 Å². The molecule has 2 aliphatic heterocycles. The fourth-order valence-corrected chi connectivity index (χ4v) is 4.97. The minimum Gasteiger partial charge on any atom is -0.379 e. The highest BCUT2D eigenvalue weighted by Crippen LogP contribution is 2.22. The van der Waals surface area contributed by atoms with E-state index in [9.17, 15) is 13.2 Å². The molecule has 2 amide bonds. The van der Waals surface area contributed by atoms with Crippen molar-refractivity contribution >= 4 is 16.1 Å². The van der Waals surface area contributed by atoms with Gasteiger partial charge in [0.05, 0.1) is 18.5 Å². The molecule has 128 valence electrons. The van der Waals surface area contributed by atoms with Crippen LogP contribution in [0.3, 0.4) is 0 Å². The lowest BCUT2D eigenvalue weighted by atomic mass is 10.1. The van der Waals surface area contributed by atoms with Gasteiger partial charge in [0.2, 0.25) is 10.0 Å². The first-order valence-corrected chi connectivity index (χ1v) is 9.61. The van der Waals surface area contributed by atoms with E-state index in [2.05, 4.69) is 0 Å². The predicted molar refractivity (Wildman–Crippen MR) is 84.2 cm³/mol. The zero-order valence-electron chi connectivity index (χ0n) is 13.5. The molecule has 2 saturated heterocycles. The third-order valence-corrected chi connectivity index (χ3v) is 6.75. The second-order valence-electron chi connectivity index (χ2n) is 5.72. The molecule has 1 atom stereocenters. The highest BCUT2D eigenvalue weighted by atomic mass is 32.2. The number of sulfonamides is 1. The van der Waals surface area contributed by atoms with Crippen LogP contribution >= 0.6 is 0 Å². The van der Waals surface area contributed by atoms with Gasteiger partial charge in [-0.25, -0.2) is 13.2 Å². The average Bonchev–Trinajstić information content (AvgIpc) is 2.57. The molecule has 2 heterocycles. The third-order valence-electron chi connectivity index (χ3n) is 4.43. The van der Waals surface area contributed by atoms with Crippen LogP contribution in [0.5, 0.6) is 0 Å². The van der Waals surface area contributed by atoms with Gasteiger partial charge in [-0.05, 0) is 26.7 Å². The molecule has 0 spiro atoms. The minimum absolute atomic E-state index is 0.0492. The molecular formula is C14H27N3O4S. The largest absolute Gasteiger partial charge is 0.379 e. The van der Waals surface area contributed by atoms with Crippen molar-refractivity contribution in [3.8, 4) is 0 Å². The summed E-state index contributed by atoms with van der Waals surface area (Å²) >= 11 is 0. The van der Waals surface area contributed by atoms with E-state index in [4.69, 9.17) is 4.74 Å². The number of carbonyl (C=O) groups excluding carboxylic acids is 1. The van der Waals surface area contributed by atoms with Crippen LogP contribution in [0.4, 0.5) is 4.79 Å². The number of hydrogen-bond donors (Lipinski definition) is 0. The smallest absolute Gasteiger partial charge is 0.320 e. The van der Waals surface area contributed by atoms with Gasteiger partial charge in [-0.1, -0.05) is 0 Å². The summed E-state index contributed by atoms with van der Waals surface area (Å²) in [5.41, 5.74) is 0. The average molecular weight is 333 g/mol. The fraction of sp³-hybridized carbons (Fsp3) is 0.929. The Bertz CT molecular complexity index is 472. The molecular weight excluding hydrogens is 306 g/mol. The fourth-order valence-electron chi connectivity index (χ4n) is 3.06. The Morgan fingerprint density at radius 3 is 2.41 bits per heavy atom. The Hall–Kier alpha value is -0.860. The molecule has 0 aromatic rings. The molecule has 7 nitrogen and oxygen atoms in total. The van der Waals surface area contributed by atoms with Crippen LogP contribution in [-0.2, 0) is 14.8 Å². The van der Waals surface area contributed by atoms with E-state index < -0.39 is 15.3 Å². The maximum Gasteiger partial charge on any atom is 0.320 e. The van der Waals surface area contributed by atoms with E-state index in [0.29, 0.717) is 58.9 Å². The summed E-state index contributed by atoms with van der Waals surface area (Å²) < 4.78 is 32.2. The first-order chi connectivity index (χ1) is 10.5. The summed E-state index contributed by atoms with van der Waals surface area (Å²) in [5.74, 6) is 0. The van der Waals surface area contributed by atoms with Crippen LogP contribution in [0.25, 0.3) is 0 Å². The molecule has 0 radical (unpaired) electrons. The van der Waals surface area contributed by atoms with Crippen molar-refractivity contribution in [3.63, 3.8) is 0 Å². The van der Waals surface area contributed by atoms with Crippen LogP contribution in [0.2, 0.25) is 0 Å². The second-order valence-corrected chi connectivity index (χ2v) is 7.93. The molecule has 2 rings (SSSR count). The van der Waals surface area contributed by atoms with Crippen molar-refractivity contribution in [1.82, 2.24) is 14.1 Å². The van der Waals surface area contributed by atoms with Crippen molar-refractivity contribution in [1.29, 1.82) is 0 Å². The molecule has 0 aliphatic carbocycles. The van der Waals surface area contributed by atoms with E-state index in [0.717, 1.165) is 6.42 Å². The van der Waals surface area contributed by atoms with Crippen LogP contribution in [0, 0.1) is 0 Å². The van der Waals surface area contributed by atoms with Crippen LogP contribution < -0.4 is 0 Å². The molecule has 0 saturated carbocycles. The zero-order chi connectivity index (χ0) is 16.2. The van der Waals surface area contributed by atoms with Crippen molar-refractivity contribution in [2.45, 2.75) is 31.9 Å². The third kappa shape index (κ3) is 3.72. The van der Waals surface area contributed by atoms with Crippen LogP contribution in [0.1, 0.15) is 26.7 Å². The van der Waals surface area contributed by atoms with E-state index in [-0.39, 0.29) is 6.03 Å². The number of piperidine rings is 1. The molecule has 0 unspecified atom stereocenters. The Morgan fingerprint density at radius 2 is 1.82 bits per heavy atom. The molecule has 0 N–H and O–H groups in total. The second kappa shape index (κ2) is 7.61. The Morgan fingerprint density at radius 1 is 1.18 bits per heavy atom. The highest BCUT2D eigenvalue weighted by molar-refractivity contribution is 7.89. The maximum absolute atomic E-state index is 12.7. The lowest BCUT2D eigenvalue weighted by Gasteiger charge is -2.38. The van der Waals surface area contributed by atoms with Gasteiger partial charge in [-0.15, -0.1) is 0 Å². The minimum atomic E-state index is -3.35. The number of urea groups is 1. The van der Waals surface area contributed by atoms with Gasteiger partial charge in [-0.3, -0.25) is 0 Å². The lowest BCUT2D eigenvalue weighted by Crippen LogP contribution is -2.54. The number of likely N-dealkylation sites (tertiary alicyclic amines) is 1. The number of hydrogen-bond acceptors (Lipinski definition) is 4. The predicted octanol–water partition coefficient (Wildman–Crippen LogP) is 0.575. The van der Waals surface area contributed by atoms with Gasteiger partial charge in [0, 0.05) is 39.3 Å². The molecule has 2 fully saturated rings. The Labute approximate surface area is 133 Å². The Kier molecular flexibility index (Phi) is 6.05. The maximum atomic E-state index is 12.7. The van der Waals surface area contributed by atoms with Crippen molar-refractivity contribution in [2.75, 3.05) is 52.5 Å².